The molecule has 1 heterocycles. The number of ether oxygens (including phenoxy) is 3. The minimum atomic E-state index is -0.823. The lowest BCUT2D eigenvalue weighted by Crippen LogP contribution is -2.33. The van der Waals surface area contributed by atoms with Gasteiger partial charge >= 0.3 is 5.97 Å². The summed E-state index contributed by atoms with van der Waals surface area (Å²) in [5.41, 5.74) is 0.754. The molecule has 2 aromatic rings. The normalized spacial score (nSPS) is 15.6. The van der Waals surface area contributed by atoms with Gasteiger partial charge in [-0.2, -0.15) is 0 Å². The van der Waals surface area contributed by atoms with E-state index in [-0.39, 0.29) is 40.0 Å². The third-order valence-electron chi connectivity index (χ3n) is 6.18. The number of methoxy groups -OCH3 is 2. The van der Waals surface area contributed by atoms with Gasteiger partial charge in [0.2, 0.25) is 5.91 Å². The van der Waals surface area contributed by atoms with Crippen LogP contribution in [-0.4, -0.2) is 49.5 Å². The van der Waals surface area contributed by atoms with Crippen molar-refractivity contribution in [3.05, 3.63) is 53.1 Å². The van der Waals surface area contributed by atoms with Crippen molar-refractivity contribution in [2.45, 2.75) is 32.1 Å². The second-order valence-electron chi connectivity index (χ2n) is 8.22. The summed E-state index contributed by atoms with van der Waals surface area (Å²) in [5.74, 6) is -1.61. The number of nitrogens with zero attached hydrogens (tertiary/aromatic N) is 1. The highest BCUT2D eigenvalue weighted by molar-refractivity contribution is 6.21. The minimum absolute atomic E-state index is 0.0263. The third kappa shape index (κ3) is 4.46. The molecule has 0 saturated heterocycles. The highest BCUT2D eigenvalue weighted by Crippen LogP contribution is 2.35. The Balaban J connectivity index is 1.54. The van der Waals surface area contributed by atoms with Gasteiger partial charge in [-0.3, -0.25) is 14.4 Å². The van der Waals surface area contributed by atoms with Crippen LogP contribution in [0.3, 0.4) is 0 Å². The largest absolute Gasteiger partial charge is 0.493 e. The molecule has 1 aliphatic heterocycles. The molecular weight excluding hydrogens is 440 g/mol. The molecule has 0 bridgehead atoms. The fraction of sp³-hybridized carbons (Fsp3) is 0.360. The minimum Gasteiger partial charge on any atom is -0.493 e. The van der Waals surface area contributed by atoms with Gasteiger partial charge < -0.3 is 19.5 Å². The van der Waals surface area contributed by atoms with Gasteiger partial charge in [-0.05, 0) is 25.0 Å². The van der Waals surface area contributed by atoms with Gasteiger partial charge in [0.25, 0.3) is 11.8 Å². The van der Waals surface area contributed by atoms with Crippen LogP contribution in [0, 0.1) is 5.92 Å². The van der Waals surface area contributed by atoms with Crippen molar-refractivity contribution in [3.8, 4) is 11.5 Å². The highest BCUT2D eigenvalue weighted by atomic mass is 16.5. The SMILES string of the molecule is COc1cc(NC(=O)C2CCCCC2)c(C(=O)OCN2C(=O)c3ccccc3C2=O)cc1OC. The van der Waals surface area contributed by atoms with E-state index in [9.17, 15) is 19.2 Å². The van der Waals surface area contributed by atoms with Crippen LogP contribution in [-0.2, 0) is 9.53 Å². The number of hydrogen-bond acceptors (Lipinski definition) is 7. The van der Waals surface area contributed by atoms with Crippen molar-refractivity contribution in [2.75, 3.05) is 26.3 Å². The van der Waals surface area contributed by atoms with E-state index in [0.29, 0.717) is 5.75 Å². The van der Waals surface area contributed by atoms with E-state index >= 15 is 0 Å². The smallest absolute Gasteiger partial charge is 0.342 e. The number of rotatable bonds is 7. The molecule has 0 radical (unpaired) electrons. The van der Waals surface area contributed by atoms with Gasteiger partial charge in [0.05, 0.1) is 36.6 Å². The van der Waals surface area contributed by atoms with Gasteiger partial charge in [-0.25, -0.2) is 9.69 Å². The molecule has 4 rings (SSSR count). The van der Waals surface area contributed by atoms with Crippen LogP contribution >= 0.6 is 0 Å². The Bertz CT molecular complexity index is 1100. The topological polar surface area (TPSA) is 111 Å². The second-order valence-corrected chi connectivity index (χ2v) is 8.22. The van der Waals surface area contributed by atoms with Crippen LogP contribution < -0.4 is 14.8 Å². The molecule has 9 heteroatoms. The van der Waals surface area contributed by atoms with E-state index < -0.39 is 24.5 Å². The predicted octanol–water partition coefficient (Wildman–Crippen LogP) is 3.63. The molecule has 2 aliphatic rings. The number of esters is 1. The summed E-state index contributed by atoms with van der Waals surface area (Å²) in [4.78, 5) is 51.8. The van der Waals surface area contributed by atoms with E-state index in [1.54, 1.807) is 24.3 Å². The molecule has 178 valence electrons. The van der Waals surface area contributed by atoms with Gasteiger partial charge in [0.15, 0.2) is 18.2 Å². The fourth-order valence-electron chi connectivity index (χ4n) is 4.31. The molecule has 1 saturated carbocycles. The number of nitrogens with one attached hydrogen (secondary N) is 1. The zero-order valence-corrected chi connectivity index (χ0v) is 19.1. The Labute approximate surface area is 197 Å². The first-order valence-electron chi connectivity index (χ1n) is 11.1. The van der Waals surface area contributed by atoms with E-state index in [1.165, 1.54) is 26.4 Å². The van der Waals surface area contributed by atoms with Crippen molar-refractivity contribution in [1.82, 2.24) is 4.90 Å². The summed E-state index contributed by atoms with van der Waals surface area (Å²) in [5, 5.41) is 2.82. The summed E-state index contributed by atoms with van der Waals surface area (Å²) < 4.78 is 15.9. The molecule has 0 spiro atoms. The maximum absolute atomic E-state index is 13.0. The maximum Gasteiger partial charge on any atom is 0.342 e. The Morgan fingerprint density at radius 3 is 2.12 bits per heavy atom. The summed E-state index contributed by atoms with van der Waals surface area (Å²) >= 11 is 0. The summed E-state index contributed by atoms with van der Waals surface area (Å²) in [7, 11) is 2.87. The molecule has 3 amide bonds. The van der Waals surface area contributed by atoms with Crippen molar-refractivity contribution in [3.63, 3.8) is 0 Å². The van der Waals surface area contributed by atoms with Gasteiger partial charge in [-0.1, -0.05) is 31.4 Å². The quantitative estimate of drug-likeness (QED) is 0.490. The number of benzene rings is 2. The average molecular weight is 466 g/mol. The van der Waals surface area contributed by atoms with E-state index in [0.717, 1.165) is 37.0 Å². The Hall–Kier alpha value is -3.88. The van der Waals surface area contributed by atoms with Crippen molar-refractivity contribution < 1.29 is 33.4 Å². The van der Waals surface area contributed by atoms with E-state index in [1.807, 2.05) is 0 Å². The van der Waals surface area contributed by atoms with Crippen LogP contribution in [0.25, 0.3) is 0 Å². The third-order valence-corrected chi connectivity index (χ3v) is 6.18. The number of carbonyl (C=O) groups excluding carboxylic acids is 4. The molecule has 1 fully saturated rings. The number of imide groups is 1. The lowest BCUT2D eigenvalue weighted by Gasteiger charge is -2.22. The van der Waals surface area contributed by atoms with Crippen LogP contribution in [0.4, 0.5) is 5.69 Å². The van der Waals surface area contributed by atoms with E-state index in [2.05, 4.69) is 5.32 Å². The average Bonchev–Trinajstić information content (AvgIpc) is 3.12. The molecule has 0 aromatic heterocycles. The van der Waals surface area contributed by atoms with Crippen LogP contribution in [0.1, 0.15) is 63.2 Å². The van der Waals surface area contributed by atoms with Crippen molar-refractivity contribution in [2.24, 2.45) is 5.92 Å². The molecule has 1 N–H and O–H groups in total. The maximum atomic E-state index is 13.0. The van der Waals surface area contributed by atoms with Gasteiger partial charge in [0, 0.05) is 18.1 Å². The number of carbonyl (C=O) groups is 4. The van der Waals surface area contributed by atoms with Crippen LogP contribution in [0.15, 0.2) is 36.4 Å². The monoisotopic (exact) mass is 466 g/mol. The molecule has 0 unspecified atom stereocenters. The summed E-state index contributed by atoms with van der Waals surface area (Å²) in [6.45, 7) is -0.560. The van der Waals surface area contributed by atoms with Crippen molar-refractivity contribution >= 4 is 29.4 Å². The Morgan fingerprint density at radius 1 is 0.941 bits per heavy atom. The second kappa shape index (κ2) is 9.94. The van der Waals surface area contributed by atoms with Crippen LogP contribution in [0.5, 0.6) is 11.5 Å². The molecule has 9 nitrogen and oxygen atoms in total. The first-order chi connectivity index (χ1) is 16.4. The van der Waals surface area contributed by atoms with Gasteiger partial charge in [0.1, 0.15) is 0 Å². The van der Waals surface area contributed by atoms with Gasteiger partial charge in [-0.15, -0.1) is 0 Å². The first-order valence-corrected chi connectivity index (χ1v) is 11.1. The van der Waals surface area contributed by atoms with Crippen LogP contribution in [0.2, 0.25) is 0 Å². The molecule has 34 heavy (non-hydrogen) atoms. The van der Waals surface area contributed by atoms with E-state index in [4.69, 9.17) is 14.2 Å². The molecule has 1 aliphatic carbocycles. The number of fused-ring (bicyclic) bond motifs is 1. The standard InChI is InChI=1S/C25H26N2O7/c1-32-20-12-18(19(13-21(20)33-2)26-22(28)15-8-4-3-5-9-15)25(31)34-14-27-23(29)16-10-6-7-11-17(16)24(27)30/h6-7,10-13,15H,3-5,8-9,14H2,1-2H3,(H,26,28). The highest BCUT2D eigenvalue weighted by Gasteiger charge is 2.36. The number of anilines is 1. The number of amides is 3. The zero-order chi connectivity index (χ0) is 24.2. The van der Waals surface area contributed by atoms with Crippen molar-refractivity contribution in [1.29, 1.82) is 0 Å². The lowest BCUT2D eigenvalue weighted by molar-refractivity contribution is -0.120. The Kier molecular flexibility index (Phi) is 6.81. The Morgan fingerprint density at radius 2 is 1.53 bits per heavy atom. The zero-order valence-electron chi connectivity index (χ0n) is 19.1. The lowest BCUT2D eigenvalue weighted by atomic mass is 9.88. The summed E-state index contributed by atoms with van der Waals surface area (Å²) in [6.07, 6.45) is 4.66. The fourth-order valence-corrected chi connectivity index (χ4v) is 4.31. The molecule has 0 atom stereocenters. The molecular formula is C25H26N2O7. The summed E-state index contributed by atoms with van der Waals surface area (Å²) in [6, 6.07) is 9.31. The first kappa shape index (κ1) is 23.3. The predicted molar refractivity (Wildman–Crippen MR) is 122 cm³/mol. The molecule has 2 aromatic carbocycles. The number of hydrogen-bond donors (Lipinski definition) is 1.